The largest absolute Gasteiger partial charge is 0.321 e. The van der Waals surface area contributed by atoms with E-state index in [1.165, 1.54) is 18.2 Å². The molecule has 88 valence electrons. The summed E-state index contributed by atoms with van der Waals surface area (Å²) in [4.78, 5) is 11.4. The first-order chi connectivity index (χ1) is 7.50. The minimum atomic E-state index is -0.537. The lowest BCUT2D eigenvalue weighted by atomic mass is 10.3. The quantitative estimate of drug-likeness (QED) is 0.854. The highest BCUT2D eigenvalue weighted by Crippen LogP contribution is 2.24. The molecule has 1 aromatic rings. The van der Waals surface area contributed by atoms with Crippen LogP contribution >= 0.6 is 11.6 Å². The van der Waals surface area contributed by atoms with Gasteiger partial charge in [0.05, 0.1) is 17.3 Å². The number of hydrogen-bond donors (Lipinski definition) is 2. The summed E-state index contributed by atoms with van der Waals surface area (Å²) in [5.74, 6) is -0.855. The molecular weight excluding hydrogens is 231 g/mol. The first-order valence-electron chi connectivity index (χ1n) is 4.98. The summed E-state index contributed by atoms with van der Waals surface area (Å²) in [6, 6.07) is 4.45. The molecule has 1 amide bonds. The van der Waals surface area contributed by atoms with Gasteiger partial charge in [0.25, 0.3) is 0 Å². The zero-order valence-corrected chi connectivity index (χ0v) is 9.94. The van der Waals surface area contributed by atoms with E-state index in [-0.39, 0.29) is 29.2 Å². The van der Waals surface area contributed by atoms with Gasteiger partial charge in [-0.1, -0.05) is 31.5 Å². The third-order valence-electron chi connectivity index (χ3n) is 1.90. The summed E-state index contributed by atoms with van der Waals surface area (Å²) >= 11 is 5.76. The van der Waals surface area contributed by atoms with E-state index in [4.69, 9.17) is 11.6 Å². The van der Waals surface area contributed by atoms with E-state index >= 15 is 0 Å². The number of carbonyl (C=O) groups is 1. The molecular formula is C11H14ClFN2O. The second kappa shape index (κ2) is 5.82. The minimum Gasteiger partial charge on any atom is -0.321 e. The Kier molecular flexibility index (Phi) is 4.71. The maximum Gasteiger partial charge on any atom is 0.238 e. The summed E-state index contributed by atoms with van der Waals surface area (Å²) in [7, 11) is 0. The molecule has 0 saturated heterocycles. The fourth-order valence-corrected chi connectivity index (χ4v) is 1.31. The summed E-state index contributed by atoms with van der Waals surface area (Å²) in [6.45, 7) is 3.97. The van der Waals surface area contributed by atoms with Crippen LogP contribution < -0.4 is 10.6 Å². The standard InChI is InChI=1S/C11H14ClFN2O/c1-7(2)14-6-10(16)15-11-8(12)4-3-5-9(11)13/h3-5,7,14H,6H2,1-2H3,(H,15,16). The van der Waals surface area contributed by atoms with E-state index in [1.807, 2.05) is 13.8 Å². The first-order valence-corrected chi connectivity index (χ1v) is 5.35. The predicted octanol–water partition coefficient (Wildman–Crippen LogP) is 2.42. The lowest BCUT2D eigenvalue weighted by Gasteiger charge is -2.10. The Morgan fingerprint density at radius 2 is 2.19 bits per heavy atom. The fraction of sp³-hybridized carbons (Fsp3) is 0.364. The van der Waals surface area contributed by atoms with E-state index in [1.54, 1.807) is 0 Å². The molecule has 0 aliphatic heterocycles. The van der Waals surface area contributed by atoms with Gasteiger partial charge in [0, 0.05) is 6.04 Å². The van der Waals surface area contributed by atoms with Gasteiger partial charge >= 0.3 is 0 Å². The van der Waals surface area contributed by atoms with Crippen molar-refractivity contribution in [1.82, 2.24) is 5.32 Å². The van der Waals surface area contributed by atoms with Crippen LogP contribution in [0.1, 0.15) is 13.8 Å². The Hall–Kier alpha value is -1.13. The molecule has 0 saturated carbocycles. The van der Waals surface area contributed by atoms with Crippen molar-refractivity contribution in [3.8, 4) is 0 Å². The van der Waals surface area contributed by atoms with Crippen LogP contribution in [-0.4, -0.2) is 18.5 Å². The van der Waals surface area contributed by atoms with Crippen LogP contribution in [0.15, 0.2) is 18.2 Å². The monoisotopic (exact) mass is 244 g/mol. The second-order valence-electron chi connectivity index (χ2n) is 3.68. The number of anilines is 1. The zero-order chi connectivity index (χ0) is 12.1. The Morgan fingerprint density at radius 3 is 2.75 bits per heavy atom. The lowest BCUT2D eigenvalue weighted by molar-refractivity contribution is -0.115. The highest BCUT2D eigenvalue weighted by molar-refractivity contribution is 6.33. The number of para-hydroxylation sites is 1. The van der Waals surface area contributed by atoms with Gasteiger partial charge in [-0.25, -0.2) is 4.39 Å². The summed E-state index contributed by atoms with van der Waals surface area (Å²) in [5, 5.41) is 5.54. The molecule has 0 unspecified atom stereocenters. The Labute approximate surface area is 99.0 Å². The molecule has 2 N–H and O–H groups in total. The van der Waals surface area contributed by atoms with Crippen LogP contribution in [-0.2, 0) is 4.79 Å². The molecule has 1 aromatic carbocycles. The second-order valence-corrected chi connectivity index (χ2v) is 4.09. The maximum atomic E-state index is 13.3. The number of rotatable bonds is 4. The third-order valence-corrected chi connectivity index (χ3v) is 2.21. The van der Waals surface area contributed by atoms with Gasteiger partial charge in [-0.05, 0) is 12.1 Å². The average molecular weight is 245 g/mol. The summed E-state index contributed by atoms with van der Waals surface area (Å²) in [5.41, 5.74) is 0.0275. The van der Waals surface area contributed by atoms with E-state index in [0.29, 0.717) is 0 Å². The molecule has 3 nitrogen and oxygen atoms in total. The van der Waals surface area contributed by atoms with Gasteiger partial charge in [-0.2, -0.15) is 0 Å². The van der Waals surface area contributed by atoms with Gasteiger partial charge in [-0.3, -0.25) is 4.79 Å². The fourth-order valence-electron chi connectivity index (χ4n) is 1.10. The minimum absolute atomic E-state index is 0.0275. The molecule has 0 spiro atoms. The van der Waals surface area contributed by atoms with Crippen molar-refractivity contribution in [1.29, 1.82) is 0 Å². The molecule has 1 rings (SSSR count). The predicted molar refractivity (Wildman–Crippen MR) is 63.2 cm³/mol. The Morgan fingerprint density at radius 1 is 1.50 bits per heavy atom. The average Bonchev–Trinajstić information content (AvgIpc) is 2.21. The van der Waals surface area contributed by atoms with E-state index in [9.17, 15) is 9.18 Å². The summed E-state index contributed by atoms with van der Waals surface area (Å²) in [6.07, 6.45) is 0. The van der Waals surface area contributed by atoms with Crippen LogP contribution in [0.5, 0.6) is 0 Å². The van der Waals surface area contributed by atoms with E-state index < -0.39 is 5.82 Å². The third kappa shape index (κ3) is 3.79. The SMILES string of the molecule is CC(C)NCC(=O)Nc1c(F)cccc1Cl. The van der Waals surface area contributed by atoms with Crippen molar-refractivity contribution in [2.75, 3.05) is 11.9 Å². The van der Waals surface area contributed by atoms with Gasteiger partial charge in [0.2, 0.25) is 5.91 Å². The van der Waals surface area contributed by atoms with Crippen LogP contribution in [0.25, 0.3) is 0 Å². The summed E-state index contributed by atoms with van der Waals surface area (Å²) < 4.78 is 13.3. The molecule has 0 atom stereocenters. The topological polar surface area (TPSA) is 41.1 Å². The Balaban J connectivity index is 2.63. The molecule has 0 heterocycles. The zero-order valence-electron chi connectivity index (χ0n) is 9.18. The van der Waals surface area contributed by atoms with Crippen molar-refractivity contribution < 1.29 is 9.18 Å². The van der Waals surface area contributed by atoms with Crippen molar-refractivity contribution in [2.24, 2.45) is 0 Å². The van der Waals surface area contributed by atoms with Gasteiger partial charge < -0.3 is 10.6 Å². The molecule has 0 aliphatic carbocycles. The number of benzene rings is 1. The number of nitrogens with one attached hydrogen (secondary N) is 2. The van der Waals surface area contributed by atoms with Crippen molar-refractivity contribution >= 4 is 23.2 Å². The molecule has 0 bridgehead atoms. The normalized spacial score (nSPS) is 10.6. The number of amides is 1. The van der Waals surface area contributed by atoms with Crippen molar-refractivity contribution in [3.63, 3.8) is 0 Å². The maximum absolute atomic E-state index is 13.3. The van der Waals surface area contributed by atoms with Crippen molar-refractivity contribution in [2.45, 2.75) is 19.9 Å². The first kappa shape index (κ1) is 12.9. The number of carbonyl (C=O) groups excluding carboxylic acids is 1. The molecule has 0 aliphatic rings. The number of halogens is 2. The van der Waals surface area contributed by atoms with Gasteiger partial charge in [0.1, 0.15) is 5.82 Å². The molecule has 0 radical (unpaired) electrons. The molecule has 0 fully saturated rings. The van der Waals surface area contributed by atoms with Gasteiger partial charge in [-0.15, -0.1) is 0 Å². The number of hydrogen-bond acceptors (Lipinski definition) is 2. The van der Waals surface area contributed by atoms with E-state index in [2.05, 4.69) is 10.6 Å². The highest BCUT2D eigenvalue weighted by atomic mass is 35.5. The van der Waals surface area contributed by atoms with Gasteiger partial charge in [0.15, 0.2) is 0 Å². The molecule has 0 aromatic heterocycles. The van der Waals surface area contributed by atoms with E-state index in [0.717, 1.165) is 0 Å². The van der Waals surface area contributed by atoms with Crippen LogP contribution in [0.4, 0.5) is 10.1 Å². The Bertz CT molecular complexity index is 362. The van der Waals surface area contributed by atoms with Crippen LogP contribution in [0.3, 0.4) is 0 Å². The highest BCUT2D eigenvalue weighted by Gasteiger charge is 2.10. The van der Waals surface area contributed by atoms with Crippen molar-refractivity contribution in [3.05, 3.63) is 29.0 Å². The molecule has 16 heavy (non-hydrogen) atoms. The van der Waals surface area contributed by atoms with Crippen LogP contribution in [0, 0.1) is 5.82 Å². The smallest absolute Gasteiger partial charge is 0.238 e. The lowest BCUT2D eigenvalue weighted by Crippen LogP contribution is -2.32. The van der Waals surface area contributed by atoms with Crippen LogP contribution in [0.2, 0.25) is 5.02 Å². The molecule has 5 heteroatoms.